The minimum absolute atomic E-state index is 0.0129. The third-order valence-electron chi connectivity index (χ3n) is 3.53. The topological polar surface area (TPSA) is 40.6 Å². The van der Waals surface area contributed by atoms with Crippen molar-refractivity contribution in [3.8, 4) is 0 Å². The molecule has 1 saturated heterocycles. The van der Waals surface area contributed by atoms with E-state index in [0.717, 1.165) is 5.69 Å². The fourth-order valence-electron chi connectivity index (χ4n) is 2.41. The van der Waals surface area contributed by atoms with Gasteiger partial charge in [-0.05, 0) is 32.0 Å². The van der Waals surface area contributed by atoms with Gasteiger partial charge in [0.05, 0.1) is 0 Å². The molecule has 1 aromatic rings. The Morgan fingerprint density at radius 3 is 2.65 bits per heavy atom. The summed E-state index contributed by atoms with van der Waals surface area (Å²) in [5.74, 6) is 0.109. The summed E-state index contributed by atoms with van der Waals surface area (Å²) in [4.78, 5) is 27.9. The normalized spacial score (nSPS) is 18.4. The lowest BCUT2D eigenvalue weighted by Gasteiger charge is -2.20. The van der Waals surface area contributed by atoms with Crippen LogP contribution in [-0.2, 0) is 4.79 Å². The van der Waals surface area contributed by atoms with Crippen LogP contribution in [0.3, 0.4) is 0 Å². The molecule has 0 aromatic heterocycles. The molecule has 1 atom stereocenters. The second-order valence-corrected chi connectivity index (χ2v) is 6.13. The van der Waals surface area contributed by atoms with Crippen LogP contribution < -0.4 is 4.90 Å². The van der Waals surface area contributed by atoms with Crippen LogP contribution in [-0.4, -0.2) is 41.2 Å². The molecule has 1 unspecified atom stereocenters. The van der Waals surface area contributed by atoms with Crippen LogP contribution in [0.1, 0.15) is 30.6 Å². The van der Waals surface area contributed by atoms with E-state index in [0.29, 0.717) is 31.6 Å². The molecular formula is C15H19BrN2O2. The van der Waals surface area contributed by atoms with E-state index in [-0.39, 0.29) is 16.6 Å². The molecule has 1 fully saturated rings. The van der Waals surface area contributed by atoms with Crippen molar-refractivity contribution in [3.63, 3.8) is 0 Å². The molecule has 2 amide bonds. The summed E-state index contributed by atoms with van der Waals surface area (Å²) in [6.07, 6.45) is 0.508. The maximum Gasteiger partial charge on any atom is 0.253 e. The number of anilines is 1. The summed E-state index contributed by atoms with van der Waals surface area (Å²) in [5.41, 5.74) is 1.44. The predicted octanol–water partition coefficient (Wildman–Crippen LogP) is 2.67. The van der Waals surface area contributed by atoms with Crippen LogP contribution in [0, 0.1) is 0 Å². The number of rotatable bonds is 4. The quantitative estimate of drug-likeness (QED) is 0.792. The monoisotopic (exact) mass is 338 g/mol. The Hall–Kier alpha value is -1.36. The van der Waals surface area contributed by atoms with Gasteiger partial charge in [-0.1, -0.05) is 22.0 Å². The number of hydrogen-bond acceptors (Lipinski definition) is 2. The van der Waals surface area contributed by atoms with E-state index < -0.39 is 0 Å². The first-order chi connectivity index (χ1) is 9.56. The number of carbonyl (C=O) groups excluding carboxylic acids is 2. The minimum Gasteiger partial charge on any atom is -0.339 e. The highest BCUT2D eigenvalue weighted by molar-refractivity contribution is 9.09. The number of nitrogens with zero attached hydrogens (tertiary/aromatic N) is 2. The molecule has 0 radical (unpaired) electrons. The number of alkyl halides is 1. The van der Waals surface area contributed by atoms with Gasteiger partial charge >= 0.3 is 0 Å². The lowest BCUT2D eigenvalue weighted by Crippen LogP contribution is -2.31. The van der Waals surface area contributed by atoms with Crippen molar-refractivity contribution in [3.05, 3.63) is 29.8 Å². The molecule has 0 saturated carbocycles. The summed E-state index contributed by atoms with van der Waals surface area (Å²) in [6, 6.07) is 7.32. The number of hydrogen-bond donors (Lipinski definition) is 0. The molecular weight excluding hydrogens is 320 g/mol. The molecule has 2 rings (SSSR count). The van der Waals surface area contributed by atoms with E-state index in [9.17, 15) is 9.59 Å². The van der Waals surface area contributed by atoms with Gasteiger partial charge < -0.3 is 9.80 Å². The van der Waals surface area contributed by atoms with Crippen LogP contribution in [0.15, 0.2) is 24.3 Å². The fourth-order valence-corrected chi connectivity index (χ4v) is 2.98. The third kappa shape index (κ3) is 3.03. The number of amides is 2. The van der Waals surface area contributed by atoms with Crippen LogP contribution in [0.25, 0.3) is 0 Å². The number of carbonyl (C=O) groups is 2. The fraction of sp³-hybridized carbons (Fsp3) is 0.467. The molecule has 1 aliphatic heterocycles. The van der Waals surface area contributed by atoms with Gasteiger partial charge in [-0.25, -0.2) is 0 Å². The molecule has 0 aliphatic carbocycles. The highest BCUT2D eigenvalue weighted by Gasteiger charge is 2.29. The third-order valence-corrected chi connectivity index (χ3v) is 4.15. The van der Waals surface area contributed by atoms with Gasteiger partial charge in [-0.15, -0.1) is 0 Å². The average molecular weight is 339 g/mol. The molecule has 20 heavy (non-hydrogen) atoms. The second-order valence-electron chi connectivity index (χ2n) is 4.83. The second kappa shape index (κ2) is 6.39. The van der Waals surface area contributed by atoms with Gasteiger partial charge in [-0.2, -0.15) is 0 Å². The Kier molecular flexibility index (Phi) is 4.81. The van der Waals surface area contributed by atoms with Crippen molar-refractivity contribution in [1.29, 1.82) is 0 Å². The molecule has 0 bridgehead atoms. The van der Waals surface area contributed by atoms with Gasteiger partial charge in [0.25, 0.3) is 5.91 Å². The van der Waals surface area contributed by atoms with Gasteiger partial charge in [0.15, 0.2) is 0 Å². The van der Waals surface area contributed by atoms with Crippen molar-refractivity contribution >= 4 is 33.4 Å². The lowest BCUT2D eigenvalue weighted by atomic mass is 10.1. The van der Waals surface area contributed by atoms with Gasteiger partial charge in [0.2, 0.25) is 5.91 Å². The Morgan fingerprint density at radius 1 is 1.40 bits per heavy atom. The standard InChI is InChI=1S/C15H19BrN2O2/c1-3-17(4-2)15(20)11-6-5-7-13(8-11)18-10-12(16)9-14(18)19/h5-8,12H,3-4,9-10H2,1-2H3. The SMILES string of the molecule is CCN(CC)C(=O)c1cccc(N2CC(Br)CC2=O)c1. The number of halogens is 1. The van der Waals surface area contributed by atoms with E-state index in [1.165, 1.54) is 0 Å². The Labute approximate surface area is 127 Å². The first-order valence-electron chi connectivity index (χ1n) is 6.90. The van der Waals surface area contributed by atoms with Gasteiger partial charge in [0, 0.05) is 42.1 Å². The Bertz CT molecular complexity index is 514. The van der Waals surface area contributed by atoms with Crippen molar-refractivity contribution < 1.29 is 9.59 Å². The van der Waals surface area contributed by atoms with Crippen molar-refractivity contribution in [1.82, 2.24) is 4.90 Å². The predicted molar refractivity (Wildman–Crippen MR) is 83.4 cm³/mol. The maximum atomic E-state index is 12.3. The highest BCUT2D eigenvalue weighted by atomic mass is 79.9. The van der Waals surface area contributed by atoms with Crippen molar-refractivity contribution in [2.75, 3.05) is 24.5 Å². The molecule has 1 aromatic carbocycles. The highest BCUT2D eigenvalue weighted by Crippen LogP contribution is 2.26. The van der Waals surface area contributed by atoms with Crippen LogP contribution in [0.2, 0.25) is 0 Å². The molecule has 5 heteroatoms. The van der Waals surface area contributed by atoms with Gasteiger partial charge in [-0.3, -0.25) is 9.59 Å². The smallest absolute Gasteiger partial charge is 0.253 e. The van der Waals surface area contributed by atoms with E-state index in [1.807, 2.05) is 32.0 Å². The number of benzene rings is 1. The first-order valence-corrected chi connectivity index (χ1v) is 7.82. The van der Waals surface area contributed by atoms with E-state index in [4.69, 9.17) is 0 Å². The van der Waals surface area contributed by atoms with E-state index >= 15 is 0 Å². The zero-order valence-corrected chi connectivity index (χ0v) is 13.4. The van der Waals surface area contributed by atoms with Crippen molar-refractivity contribution in [2.45, 2.75) is 25.1 Å². The summed E-state index contributed by atoms with van der Waals surface area (Å²) < 4.78 is 0. The molecule has 1 aliphatic rings. The van der Waals surface area contributed by atoms with Crippen LogP contribution in [0.5, 0.6) is 0 Å². The van der Waals surface area contributed by atoms with Crippen molar-refractivity contribution in [2.24, 2.45) is 0 Å². The molecule has 0 spiro atoms. The molecule has 1 heterocycles. The van der Waals surface area contributed by atoms with E-state index in [2.05, 4.69) is 15.9 Å². The summed E-state index contributed by atoms with van der Waals surface area (Å²) >= 11 is 3.47. The first kappa shape index (κ1) is 15.0. The molecule has 4 nitrogen and oxygen atoms in total. The maximum absolute atomic E-state index is 12.3. The molecule has 108 valence electrons. The Balaban J connectivity index is 2.24. The summed E-state index contributed by atoms with van der Waals surface area (Å²) in [6.45, 7) is 5.95. The van der Waals surface area contributed by atoms with Gasteiger partial charge in [0.1, 0.15) is 0 Å². The zero-order valence-electron chi connectivity index (χ0n) is 11.8. The average Bonchev–Trinajstić information content (AvgIpc) is 2.79. The largest absolute Gasteiger partial charge is 0.339 e. The minimum atomic E-state index is 0.0129. The molecule has 0 N–H and O–H groups in total. The summed E-state index contributed by atoms with van der Waals surface area (Å²) in [5, 5.41) is 0. The van der Waals surface area contributed by atoms with Crippen LogP contribution >= 0.6 is 15.9 Å². The zero-order chi connectivity index (χ0) is 14.7. The summed E-state index contributed by atoms with van der Waals surface area (Å²) in [7, 11) is 0. The Morgan fingerprint density at radius 2 is 2.10 bits per heavy atom. The van der Waals surface area contributed by atoms with E-state index in [1.54, 1.807) is 15.9 Å². The van der Waals surface area contributed by atoms with Crippen LogP contribution in [0.4, 0.5) is 5.69 Å². The lowest BCUT2D eigenvalue weighted by molar-refractivity contribution is -0.117.